The molecule has 1 unspecified atom stereocenters. The third-order valence-corrected chi connectivity index (χ3v) is 3.75. The standard InChI is InChI=1S/C18H19N3O4S/c1-3-12(2)25-16-9-4-6-13(10-16)17(22)20-18(26)19-14-7-5-8-15(11-14)21(23)24/h4-12H,3H2,1-2H3,(H2,19,20,22,26). The Hall–Kier alpha value is -3.00. The van der Waals surface area contributed by atoms with E-state index in [0.717, 1.165) is 6.42 Å². The van der Waals surface area contributed by atoms with E-state index in [9.17, 15) is 14.9 Å². The van der Waals surface area contributed by atoms with Crippen LogP contribution in [0.3, 0.4) is 0 Å². The first-order chi connectivity index (χ1) is 12.4. The third-order valence-electron chi connectivity index (χ3n) is 3.55. The molecule has 0 aliphatic carbocycles. The summed E-state index contributed by atoms with van der Waals surface area (Å²) in [5, 5.41) is 16.1. The summed E-state index contributed by atoms with van der Waals surface area (Å²) >= 11 is 5.10. The highest BCUT2D eigenvalue weighted by atomic mass is 32.1. The normalized spacial score (nSPS) is 11.3. The Labute approximate surface area is 156 Å². The van der Waals surface area contributed by atoms with Gasteiger partial charge in [0, 0.05) is 23.4 Å². The van der Waals surface area contributed by atoms with Gasteiger partial charge in [-0.1, -0.05) is 19.1 Å². The summed E-state index contributed by atoms with van der Waals surface area (Å²) in [6.45, 7) is 3.96. The highest BCUT2D eigenvalue weighted by molar-refractivity contribution is 7.80. The lowest BCUT2D eigenvalue weighted by molar-refractivity contribution is -0.384. The van der Waals surface area contributed by atoms with E-state index < -0.39 is 10.8 Å². The summed E-state index contributed by atoms with van der Waals surface area (Å²) in [5.74, 6) is 0.201. The molecule has 0 bridgehead atoms. The number of carbonyl (C=O) groups excluding carboxylic acids is 1. The van der Waals surface area contributed by atoms with Gasteiger partial charge in [-0.15, -0.1) is 0 Å². The average molecular weight is 373 g/mol. The number of non-ortho nitro benzene ring substituents is 1. The van der Waals surface area contributed by atoms with Crippen molar-refractivity contribution in [3.05, 3.63) is 64.2 Å². The van der Waals surface area contributed by atoms with Gasteiger partial charge < -0.3 is 10.1 Å². The predicted molar refractivity (Wildman–Crippen MR) is 104 cm³/mol. The van der Waals surface area contributed by atoms with Crippen LogP contribution in [0.15, 0.2) is 48.5 Å². The molecule has 0 fully saturated rings. The Bertz CT molecular complexity index is 826. The van der Waals surface area contributed by atoms with Gasteiger partial charge in [0.25, 0.3) is 11.6 Å². The minimum Gasteiger partial charge on any atom is -0.491 e. The summed E-state index contributed by atoms with van der Waals surface area (Å²) in [4.78, 5) is 22.6. The van der Waals surface area contributed by atoms with E-state index >= 15 is 0 Å². The first-order valence-electron chi connectivity index (χ1n) is 8.02. The Morgan fingerprint density at radius 1 is 1.27 bits per heavy atom. The highest BCUT2D eigenvalue weighted by Gasteiger charge is 2.11. The van der Waals surface area contributed by atoms with Crippen LogP contribution in [-0.4, -0.2) is 22.0 Å². The van der Waals surface area contributed by atoms with Gasteiger partial charge in [-0.25, -0.2) is 0 Å². The van der Waals surface area contributed by atoms with Crippen LogP contribution in [-0.2, 0) is 0 Å². The van der Waals surface area contributed by atoms with Crippen molar-refractivity contribution in [2.75, 3.05) is 5.32 Å². The van der Waals surface area contributed by atoms with Crippen LogP contribution in [0.5, 0.6) is 5.75 Å². The van der Waals surface area contributed by atoms with Crippen molar-refractivity contribution in [2.45, 2.75) is 26.4 Å². The molecule has 0 heterocycles. The van der Waals surface area contributed by atoms with Crippen LogP contribution in [0.4, 0.5) is 11.4 Å². The molecule has 1 amide bonds. The predicted octanol–water partition coefficient (Wildman–Crippen LogP) is 3.90. The number of thiocarbonyl (C=S) groups is 1. The number of nitrogens with one attached hydrogen (secondary N) is 2. The molecular formula is C18H19N3O4S. The fourth-order valence-electron chi connectivity index (χ4n) is 2.06. The van der Waals surface area contributed by atoms with E-state index in [1.165, 1.54) is 18.2 Å². The van der Waals surface area contributed by atoms with Crippen molar-refractivity contribution in [3.63, 3.8) is 0 Å². The number of anilines is 1. The zero-order valence-electron chi connectivity index (χ0n) is 14.4. The van der Waals surface area contributed by atoms with Gasteiger partial charge in [-0.2, -0.15) is 0 Å². The molecule has 0 aliphatic heterocycles. The van der Waals surface area contributed by atoms with Crippen LogP contribution in [0.25, 0.3) is 0 Å². The van der Waals surface area contributed by atoms with E-state index in [2.05, 4.69) is 10.6 Å². The lowest BCUT2D eigenvalue weighted by atomic mass is 10.2. The van der Waals surface area contributed by atoms with Gasteiger partial charge in [-0.3, -0.25) is 20.2 Å². The molecule has 0 saturated heterocycles. The summed E-state index contributed by atoms with van der Waals surface area (Å²) in [5.41, 5.74) is 0.742. The van der Waals surface area contributed by atoms with Gasteiger partial charge >= 0.3 is 0 Å². The Morgan fingerprint density at radius 3 is 2.69 bits per heavy atom. The van der Waals surface area contributed by atoms with Crippen molar-refractivity contribution >= 4 is 34.6 Å². The van der Waals surface area contributed by atoms with E-state index in [4.69, 9.17) is 17.0 Å². The number of ether oxygens (including phenoxy) is 1. The molecule has 0 saturated carbocycles. The molecule has 136 valence electrons. The zero-order valence-corrected chi connectivity index (χ0v) is 15.2. The lowest BCUT2D eigenvalue weighted by Crippen LogP contribution is -2.34. The molecule has 2 aromatic rings. The highest BCUT2D eigenvalue weighted by Crippen LogP contribution is 2.18. The van der Waals surface area contributed by atoms with Crippen LogP contribution in [0.1, 0.15) is 30.6 Å². The molecule has 2 aromatic carbocycles. The number of hydrogen-bond acceptors (Lipinski definition) is 5. The number of benzene rings is 2. The number of nitrogens with zero attached hydrogens (tertiary/aromatic N) is 1. The van der Waals surface area contributed by atoms with Crippen molar-refractivity contribution in [2.24, 2.45) is 0 Å². The molecule has 0 radical (unpaired) electrons. The number of nitro benzene ring substituents is 1. The summed E-state index contributed by atoms with van der Waals surface area (Å²) < 4.78 is 5.70. The van der Waals surface area contributed by atoms with Crippen LogP contribution in [0, 0.1) is 10.1 Å². The number of nitro groups is 1. The van der Waals surface area contributed by atoms with Crippen molar-refractivity contribution in [1.82, 2.24) is 5.32 Å². The first kappa shape index (κ1) is 19.3. The average Bonchev–Trinajstić information content (AvgIpc) is 2.61. The second kappa shape index (κ2) is 8.91. The summed E-state index contributed by atoms with van der Waals surface area (Å²) in [6, 6.07) is 12.6. The fraction of sp³-hybridized carbons (Fsp3) is 0.222. The first-order valence-corrected chi connectivity index (χ1v) is 8.43. The molecule has 26 heavy (non-hydrogen) atoms. The monoisotopic (exact) mass is 373 g/mol. The van der Waals surface area contributed by atoms with Gasteiger partial charge in [0.2, 0.25) is 0 Å². The lowest BCUT2D eigenvalue weighted by Gasteiger charge is -2.14. The van der Waals surface area contributed by atoms with E-state index in [1.54, 1.807) is 30.3 Å². The molecule has 0 spiro atoms. The number of rotatable bonds is 6. The maximum Gasteiger partial charge on any atom is 0.271 e. The molecule has 8 heteroatoms. The molecule has 7 nitrogen and oxygen atoms in total. The van der Waals surface area contributed by atoms with Gasteiger partial charge in [-0.05, 0) is 49.8 Å². The van der Waals surface area contributed by atoms with Crippen LogP contribution < -0.4 is 15.4 Å². The zero-order chi connectivity index (χ0) is 19.1. The molecule has 2 N–H and O–H groups in total. The summed E-state index contributed by atoms with van der Waals surface area (Å²) in [6.07, 6.45) is 0.901. The molecular weight excluding hydrogens is 354 g/mol. The Kier molecular flexibility index (Phi) is 6.62. The van der Waals surface area contributed by atoms with Crippen LogP contribution >= 0.6 is 12.2 Å². The van der Waals surface area contributed by atoms with Gasteiger partial charge in [0.1, 0.15) is 5.75 Å². The Morgan fingerprint density at radius 2 is 2.00 bits per heavy atom. The largest absolute Gasteiger partial charge is 0.491 e. The smallest absolute Gasteiger partial charge is 0.271 e. The minimum atomic E-state index is -0.504. The van der Waals surface area contributed by atoms with Gasteiger partial charge in [0.15, 0.2) is 5.11 Å². The maximum absolute atomic E-state index is 12.3. The second-order valence-electron chi connectivity index (χ2n) is 5.58. The van der Waals surface area contributed by atoms with Crippen molar-refractivity contribution in [1.29, 1.82) is 0 Å². The molecule has 1 atom stereocenters. The van der Waals surface area contributed by atoms with Gasteiger partial charge in [0.05, 0.1) is 11.0 Å². The quantitative estimate of drug-likeness (QED) is 0.453. The van der Waals surface area contributed by atoms with Crippen molar-refractivity contribution < 1.29 is 14.5 Å². The summed E-state index contributed by atoms with van der Waals surface area (Å²) in [7, 11) is 0. The SMILES string of the molecule is CCC(C)Oc1cccc(C(=O)NC(=S)Nc2cccc([N+](=O)[O-])c2)c1. The topological polar surface area (TPSA) is 93.5 Å². The second-order valence-corrected chi connectivity index (χ2v) is 5.99. The number of amides is 1. The minimum absolute atomic E-state index is 0.0451. The molecule has 2 rings (SSSR count). The van der Waals surface area contributed by atoms with Crippen molar-refractivity contribution in [3.8, 4) is 5.75 Å². The van der Waals surface area contributed by atoms with E-state index in [1.807, 2.05) is 13.8 Å². The number of carbonyl (C=O) groups is 1. The number of hydrogen-bond donors (Lipinski definition) is 2. The Balaban J connectivity index is 2.01. The van der Waals surface area contributed by atoms with E-state index in [-0.39, 0.29) is 16.9 Å². The maximum atomic E-state index is 12.3. The fourth-order valence-corrected chi connectivity index (χ4v) is 2.27. The molecule has 0 aromatic heterocycles. The molecule has 0 aliphatic rings. The van der Waals surface area contributed by atoms with Crippen LogP contribution in [0.2, 0.25) is 0 Å². The van der Waals surface area contributed by atoms with E-state index in [0.29, 0.717) is 17.0 Å². The third kappa shape index (κ3) is 5.52.